The number of hydrogen-bond donors (Lipinski definition) is 1. The molecule has 2 aromatic carbocycles. The number of Topliss-reactive ketones (excluding diaryl/α,β-unsaturated/α-hetero) is 1. The highest BCUT2D eigenvalue weighted by atomic mass is 16.3. The quantitative estimate of drug-likeness (QED) is 0.881. The zero-order valence-electron chi connectivity index (χ0n) is 12.1. The summed E-state index contributed by atoms with van der Waals surface area (Å²) in [4.78, 5) is 24.7. The maximum absolute atomic E-state index is 12.4. The van der Waals surface area contributed by atoms with Crippen LogP contribution in [-0.2, 0) is 11.2 Å². The van der Waals surface area contributed by atoms with E-state index in [1.54, 1.807) is 36.4 Å². The van der Waals surface area contributed by atoms with Gasteiger partial charge in [0.1, 0.15) is 0 Å². The Hall–Kier alpha value is -2.88. The lowest BCUT2D eigenvalue weighted by atomic mass is 10.1. The Bertz CT molecular complexity index is 805. The summed E-state index contributed by atoms with van der Waals surface area (Å²) in [6, 6.07) is 13.8. The lowest BCUT2D eigenvalue weighted by molar-refractivity contribution is -0.244. The SMILES string of the molecule is CCc1ccccc1NC(=O)C1=C([O-])c2ccccc2C1=O. The fourth-order valence-electron chi connectivity index (χ4n) is 2.59. The lowest BCUT2D eigenvalue weighted by Crippen LogP contribution is -2.21. The van der Waals surface area contributed by atoms with Crippen molar-refractivity contribution >= 4 is 23.1 Å². The smallest absolute Gasteiger partial charge is 0.259 e. The average Bonchev–Trinajstić information content (AvgIpc) is 2.80. The zero-order chi connectivity index (χ0) is 15.7. The number of carbonyl (C=O) groups is 2. The summed E-state index contributed by atoms with van der Waals surface area (Å²) in [7, 11) is 0. The van der Waals surface area contributed by atoms with Crippen LogP contribution in [0.2, 0.25) is 0 Å². The minimum absolute atomic E-state index is 0.293. The van der Waals surface area contributed by atoms with Gasteiger partial charge in [-0.1, -0.05) is 55.1 Å². The van der Waals surface area contributed by atoms with Gasteiger partial charge in [-0.15, -0.1) is 0 Å². The molecule has 0 fully saturated rings. The van der Waals surface area contributed by atoms with Crippen molar-refractivity contribution in [2.45, 2.75) is 13.3 Å². The van der Waals surface area contributed by atoms with Gasteiger partial charge in [-0.3, -0.25) is 9.59 Å². The number of benzene rings is 2. The van der Waals surface area contributed by atoms with Crippen LogP contribution in [0.25, 0.3) is 5.76 Å². The van der Waals surface area contributed by atoms with Gasteiger partial charge in [-0.2, -0.15) is 0 Å². The predicted octanol–water partition coefficient (Wildman–Crippen LogP) is 2.16. The number of hydrogen-bond acceptors (Lipinski definition) is 3. The minimum Gasteiger partial charge on any atom is -0.871 e. The van der Waals surface area contributed by atoms with Crippen LogP contribution in [0, 0.1) is 0 Å². The molecule has 1 aliphatic carbocycles. The summed E-state index contributed by atoms with van der Waals surface area (Å²) in [5.41, 5.74) is 1.85. The van der Waals surface area contributed by atoms with E-state index in [1.165, 1.54) is 0 Å². The molecule has 1 N–H and O–H groups in total. The Morgan fingerprint density at radius 3 is 2.36 bits per heavy atom. The van der Waals surface area contributed by atoms with Gasteiger partial charge in [-0.05, 0) is 23.6 Å². The highest BCUT2D eigenvalue weighted by Gasteiger charge is 2.29. The molecule has 0 saturated carbocycles. The number of fused-ring (bicyclic) bond motifs is 1. The number of aryl methyl sites for hydroxylation is 1. The van der Waals surface area contributed by atoms with Crippen molar-refractivity contribution in [2.75, 3.05) is 5.32 Å². The molecule has 1 amide bonds. The van der Waals surface area contributed by atoms with Crippen molar-refractivity contribution in [3.8, 4) is 0 Å². The van der Waals surface area contributed by atoms with E-state index in [9.17, 15) is 14.7 Å². The van der Waals surface area contributed by atoms with E-state index in [-0.39, 0.29) is 5.57 Å². The number of para-hydroxylation sites is 1. The first-order valence-corrected chi connectivity index (χ1v) is 7.08. The maximum Gasteiger partial charge on any atom is 0.259 e. The summed E-state index contributed by atoms with van der Waals surface area (Å²) >= 11 is 0. The molecule has 2 aromatic rings. The lowest BCUT2D eigenvalue weighted by Gasteiger charge is -2.13. The zero-order valence-corrected chi connectivity index (χ0v) is 12.1. The molecule has 0 atom stereocenters. The van der Waals surface area contributed by atoms with Crippen LogP contribution in [-0.4, -0.2) is 11.7 Å². The number of nitrogens with one attached hydrogen (secondary N) is 1. The first kappa shape index (κ1) is 14.1. The summed E-state index contributed by atoms with van der Waals surface area (Å²) in [5, 5.41) is 15.0. The first-order chi connectivity index (χ1) is 10.6. The molecule has 1 aliphatic rings. The standard InChI is InChI=1S/C18H15NO3/c1-2-11-7-3-6-10-14(11)19-18(22)15-16(20)12-8-4-5-9-13(12)17(15)21/h3-10,20H,2H2,1H3,(H,19,22)/p-1. The Morgan fingerprint density at radius 2 is 1.68 bits per heavy atom. The summed E-state index contributed by atoms with van der Waals surface area (Å²) in [6.45, 7) is 1.97. The van der Waals surface area contributed by atoms with Crippen molar-refractivity contribution in [3.05, 3.63) is 70.8 Å². The molecule has 0 heterocycles. The number of carbonyl (C=O) groups excluding carboxylic acids is 2. The van der Waals surface area contributed by atoms with Crippen LogP contribution in [0.5, 0.6) is 0 Å². The molecule has 22 heavy (non-hydrogen) atoms. The van der Waals surface area contributed by atoms with Crippen LogP contribution in [0.4, 0.5) is 5.69 Å². The second kappa shape index (κ2) is 5.48. The number of ketones is 1. The Morgan fingerprint density at radius 1 is 1.05 bits per heavy atom. The molecular weight excluding hydrogens is 278 g/mol. The molecule has 4 nitrogen and oxygen atoms in total. The first-order valence-electron chi connectivity index (χ1n) is 7.08. The van der Waals surface area contributed by atoms with Crippen LogP contribution < -0.4 is 10.4 Å². The van der Waals surface area contributed by atoms with Gasteiger partial charge >= 0.3 is 0 Å². The molecule has 0 spiro atoms. The Kier molecular flexibility index (Phi) is 3.51. The Balaban J connectivity index is 1.94. The molecule has 0 saturated heterocycles. The van der Waals surface area contributed by atoms with E-state index in [2.05, 4.69) is 5.32 Å². The van der Waals surface area contributed by atoms with Gasteiger partial charge in [0.25, 0.3) is 5.91 Å². The normalized spacial score (nSPS) is 13.2. The van der Waals surface area contributed by atoms with Crippen molar-refractivity contribution < 1.29 is 14.7 Å². The summed E-state index contributed by atoms with van der Waals surface area (Å²) in [6.07, 6.45) is 0.744. The third-order valence-electron chi connectivity index (χ3n) is 3.74. The van der Waals surface area contributed by atoms with Crippen LogP contribution in [0.3, 0.4) is 0 Å². The average molecular weight is 292 g/mol. The molecule has 3 rings (SSSR count). The van der Waals surface area contributed by atoms with Gasteiger partial charge < -0.3 is 10.4 Å². The van der Waals surface area contributed by atoms with E-state index in [1.807, 2.05) is 19.1 Å². The van der Waals surface area contributed by atoms with E-state index in [0.717, 1.165) is 12.0 Å². The number of rotatable bonds is 3. The van der Waals surface area contributed by atoms with Gasteiger partial charge in [0.05, 0.1) is 5.57 Å². The third kappa shape index (κ3) is 2.19. The molecule has 0 unspecified atom stereocenters. The second-order valence-electron chi connectivity index (χ2n) is 5.04. The fraction of sp³-hybridized carbons (Fsp3) is 0.111. The molecule has 0 aliphatic heterocycles. The fourth-order valence-corrected chi connectivity index (χ4v) is 2.59. The summed E-state index contributed by atoms with van der Waals surface area (Å²) in [5.74, 6) is -1.66. The van der Waals surface area contributed by atoms with E-state index in [4.69, 9.17) is 0 Å². The maximum atomic E-state index is 12.4. The second-order valence-corrected chi connectivity index (χ2v) is 5.04. The van der Waals surface area contributed by atoms with E-state index >= 15 is 0 Å². The van der Waals surface area contributed by atoms with Gasteiger partial charge in [0, 0.05) is 11.3 Å². The molecule has 110 valence electrons. The molecule has 0 aromatic heterocycles. The predicted molar refractivity (Wildman–Crippen MR) is 82.1 cm³/mol. The highest BCUT2D eigenvalue weighted by Crippen LogP contribution is 2.30. The minimum atomic E-state index is -0.646. The van der Waals surface area contributed by atoms with Gasteiger partial charge in [0.2, 0.25) is 0 Å². The van der Waals surface area contributed by atoms with Crippen molar-refractivity contribution in [3.63, 3.8) is 0 Å². The van der Waals surface area contributed by atoms with Crippen molar-refractivity contribution in [1.82, 2.24) is 0 Å². The van der Waals surface area contributed by atoms with Gasteiger partial charge in [-0.25, -0.2) is 0 Å². The highest BCUT2D eigenvalue weighted by molar-refractivity contribution is 6.35. The molecule has 4 heteroatoms. The number of amides is 1. The summed E-state index contributed by atoms with van der Waals surface area (Å²) < 4.78 is 0. The van der Waals surface area contributed by atoms with Crippen molar-refractivity contribution in [1.29, 1.82) is 0 Å². The topological polar surface area (TPSA) is 69.2 Å². The van der Waals surface area contributed by atoms with Crippen LogP contribution in [0.15, 0.2) is 54.1 Å². The molecular formula is C18H14NO3-. The van der Waals surface area contributed by atoms with Crippen molar-refractivity contribution in [2.24, 2.45) is 0 Å². The monoisotopic (exact) mass is 292 g/mol. The van der Waals surface area contributed by atoms with E-state index in [0.29, 0.717) is 16.8 Å². The molecule has 0 radical (unpaired) electrons. The Labute approximate surface area is 128 Å². The molecule has 0 bridgehead atoms. The largest absolute Gasteiger partial charge is 0.871 e. The van der Waals surface area contributed by atoms with Crippen LogP contribution in [0.1, 0.15) is 28.4 Å². The van der Waals surface area contributed by atoms with E-state index < -0.39 is 17.4 Å². The third-order valence-corrected chi connectivity index (χ3v) is 3.74. The van der Waals surface area contributed by atoms with Crippen LogP contribution >= 0.6 is 0 Å². The van der Waals surface area contributed by atoms with Gasteiger partial charge in [0.15, 0.2) is 5.78 Å². The number of anilines is 1.